The van der Waals surface area contributed by atoms with Gasteiger partial charge in [0.2, 0.25) is 0 Å². The second kappa shape index (κ2) is 9.78. The number of carbonyl (C=O) groups is 1. The third kappa shape index (κ3) is 5.88. The average Bonchev–Trinajstić information content (AvgIpc) is 2.73. The van der Waals surface area contributed by atoms with E-state index in [0.717, 1.165) is 11.4 Å². The van der Waals surface area contributed by atoms with Crippen molar-refractivity contribution in [1.29, 1.82) is 0 Å². The Labute approximate surface area is 164 Å². The lowest BCUT2D eigenvalue weighted by Gasteiger charge is -2.09. The van der Waals surface area contributed by atoms with Crippen LogP contribution in [-0.2, 0) is 0 Å². The molecule has 28 heavy (non-hydrogen) atoms. The molecule has 142 valence electrons. The standard InChI is InChI=1S/C22H22N4O2/c23-22(25-15-14-24-21(27)17-8-3-1-4-9-17)26-18-10-7-13-20(16-18)28-19-11-5-2-6-12-19/h1-13,16H,14-15H2,(H,24,27)(H3,23,25,26). The summed E-state index contributed by atoms with van der Waals surface area (Å²) in [6.07, 6.45) is 0. The number of amides is 1. The molecule has 0 atom stereocenters. The van der Waals surface area contributed by atoms with Gasteiger partial charge < -0.3 is 21.1 Å². The Bertz CT molecular complexity index is 928. The monoisotopic (exact) mass is 374 g/mol. The minimum Gasteiger partial charge on any atom is -0.457 e. The molecule has 6 heteroatoms. The molecule has 0 spiro atoms. The quantitative estimate of drug-likeness (QED) is 0.335. The minimum atomic E-state index is -0.131. The van der Waals surface area contributed by atoms with Gasteiger partial charge >= 0.3 is 0 Å². The normalized spacial score (nSPS) is 10.9. The van der Waals surface area contributed by atoms with Crippen LogP contribution in [0, 0.1) is 0 Å². The molecule has 0 radical (unpaired) electrons. The number of benzene rings is 3. The molecule has 3 rings (SSSR count). The number of rotatable bonds is 7. The highest BCUT2D eigenvalue weighted by Crippen LogP contribution is 2.23. The summed E-state index contributed by atoms with van der Waals surface area (Å²) >= 11 is 0. The summed E-state index contributed by atoms with van der Waals surface area (Å²) in [5, 5.41) is 5.83. The number of anilines is 1. The molecule has 0 saturated carbocycles. The second-order valence-corrected chi connectivity index (χ2v) is 5.96. The number of nitrogens with zero attached hydrogens (tertiary/aromatic N) is 1. The maximum Gasteiger partial charge on any atom is 0.251 e. The van der Waals surface area contributed by atoms with Gasteiger partial charge in [-0.1, -0.05) is 42.5 Å². The average molecular weight is 374 g/mol. The number of guanidine groups is 1. The van der Waals surface area contributed by atoms with E-state index in [2.05, 4.69) is 15.6 Å². The van der Waals surface area contributed by atoms with E-state index in [0.29, 0.717) is 24.4 Å². The van der Waals surface area contributed by atoms with E-state index in [9.17, 15) is 4.79 Å². The van der Waals surface area contributed by atoms with Gasteiger partial charge in [-0.25, -0.2) is 0 Å². The number of para-hydroxylation sites is 1. The van der Waals surface area contributed by atoms with E-state index >= 15 is 0 Å². The zero-order valence-corrected chi connectivity index (χ0v) is 15.3. The molecule has 1 amide bonds. The molecule has 0 aliphatic heterocycles. The van der Waals surface area contributed by atoms with Crippen LogP contribution < -0.4 is 21.1 Å². The van der Waals surface area contributed by atoms with Crippen LogP contribution in [0.25, 0.3) is 0 Å². The van der Waals surface area contributed by atoms with Crippen molar-refractivity contribution >= 4 is 17.6 Å². The van der Waals surface area contributed by atoms with Crippen molar-refractivity contribution < 1.29 is 9.53 Å². The van der Waals surface area contributed by atoms with E-state index in [1.807, 2.05) is 72.8 Å². The van der Waals surface area contributed by atoms with Gasteiger partial charge in [0.1, 0.15) is 11.5 Å². The zero-order valence-electron chi connectivity index (χ0n) is 15.3. The van der Waals surface area contributed by atoms with Gasteiger partial charge in [0, 0.05) is 23.9 Å². The van der Waals surface area contributed by atoms with Crippen LogP contribution in [0.4, 0.5) is 5.69 Å². The molecule has 0 saturated heterocycles. The van der Waals surface area contributed by atoms with Gasteiger partial charge in [-0.15, -0.1) is 0 Å². The summed E-state index contributed by atoms with van der Waals surface area (Å²) < 4.78 is 5.80. The Morgan fingerprint density at radius 3 is 2.32 bits per heavy atom. The van der Waals surface area contributed by atoms with E-state index in [-0.39, 0.29) is 11.9 Å². The summed E-state index contributed by atoms with van der Waals surface area (Å²) in [5.41, 5.74) is 7.31. The summed E-state index contributed by atoms with van der Waals surface area (Å²) in [4.78, 5) is 16.2. The van der Waals surface area contributed by atoms with Crippen molar-refractivity contribution in [2.75, 3.05) is 18.4 Å². The Kier molecular flexibility index (Phi) is 6.62. The Hall–Kier alpha value is -3.80. The summed E-state index contributed by atoms with van der Waals surface area (Å²) in [7, 11) is 0. The molecule has 3 aromatic carbocycles. The lowest BCUT2D eigenvalue weighted by atomic mass is 10.2. The zero-order chi connectivity index (χ0) is 19.6. The Balaban J connectivity index is 1.48. The van der Waals surface area contributed by atoms with Gasteiger partial charge in [-0.3, -0.25) is 9.79 Å². The van der Waals surface area contributed by atoms with Crippen molar-refractivity contribution in [3.63, 3.8) is 0 Å². The molecule has 3 aromatic rings. The predicted octanol–water partition coefficient (Wildman–Crippen LogP) is 3.64. The molecule has 0 aliphatic rings. The molecule has 0 aliphatic carbocycles. The number of hydrogen-bond donors (Lipinski definition) is 3. The van der Waals surface area contributed by atoms with Crippen LogP contribution in [0.3, 0.4) is 0 Å². The maximum atomic E-state index is 11.9. The van der Waals surface area contributed by atoms with Crippen LogP contribution in [0.5, 0.6) is 11.5 Å². The van der Waals surface area contributed by atoms with Gasteiger partial charge in [0.25, 0.3) is 5.91 Å². The molecule has 6 nitrogen and oxygen atoms in total. The first-order valence-corrected chi connectivity index (χ1v) is 8.94. The SMILES string of the molecule is NC(=NCCNC(=O)c1ccccc1)Nc1cccc(Oc2ccccc2)c1. The summed E-state index contributed by atoms with van der Waals surface area (Å²) in [5.74, 6) is 1.59. The number of hydrogen-bond acceptors (Lipinski definition) is 3. The molecule has 4 N–H and O–H groups in total. The molecular weight excluding hydrogens is 352 g/mol. The van der Waals surface area contributed by atoms with Gasteiger partial charge in [0.15, 0.2) is 5.96 Å². The fraction of sp³-hybridized carbons (Fsp3) is 0.0909. The van der Waals surface area contributed by atoms with Crippen LogP contribution in [0.2, 0.25) is 0 Å². The lowest BCUT2D eigenvalue weighted by Crippen LogP contribution is -2.28. The topological polar surface area (TPSA) is 88.7 Å². The maximum absolute atomic E-state index is 11.9. The van der Waals surface area contributed by atoms with Crippen molar-refractivity contribution in [2.45, 2.75) is 0 Å². The van der Waals surface area contributed by atoms with Crippen LogP contribution >= 0.6 is 0 Å². The van der Waals surface area contributed by atoms with Gasteiger partial charge in [0.05, 0.1) is 6.54 Å². The number of carbonyl (C=O) groups excluding carboxylic acids is 1. The number of ether oxygens (including phenoxy) is 1. The molecule has 0 unspecified atom stereocenters. The lowest BCUT2D eigenvalue weighted by molar-refractivity contribution is 0.0955. The van der Waals surface area contributed by atoms with Gasteiger partial charge in [-0.2, -0.15) is 0 Å². The van der Waals surface area contributed by atoms with Crippen molar-refractivity contribution in [3.8, 4) is 11.5 Å². The number of nitrogens with one attached hydrogen (secondary N) is 2. The minimum absolute atomic E-state index is 0.131. The highest BCUT2D eigenvalue weighted by Gasteiger charge is 2.03. The second-order valence-electron chi connectivity index (χ2n) is 5.96. The van der Waals surface area contributed by atoms with Crippen LogP contribution in [0.1, 0.15) is 10.4 Å². The van der Waals surface area contributed by atoms with Crippen LogP contribution in [-0.4, -0.2) is 25.0 Å². The van der Waals surface area contributed by atoms with Crippen molar-refractivity contribution in [1.82, 2.24) is 5.32 Å². The Morgan fingerprint density at radius 1 is 0.893 bits per heavy atom. The van der Waals surface area contributed by atoms with E-state index in [1.54, 1.807) is 12.1 Å². The van der Waals surface area contributed by atoms with Crippen molar-refractivity contribution in [3.05, 3.63) is 90.5 Å². The highest BCUT2D eigenvalue weighted by molar-refractivity contribution is 5.94. The van der Waals surface area contributed by atoms with Crippen molar-refractivity contribution in [2.24, 2.45) is 10.7 Å². The molecule has 0 aromatic heterocycles. The number of nitrogens with two attached hydrogens (primary N) is 1. The largest absolute Gasteiger partial charge is 0.457 e. The number of aliphatic imine (C=N–C) groups is 1. The fourth-order valence-electron chi connectivity index (χ4n) is 2.49. The first-order valence-electron chi connectivity index (χ1n) is 8.94. The third-order valence-electron chi connectivity index (χ3n) is 3.80. The molecule has 0 fully saturated rings. The third-order valence-corrected chi connectivity index (χ3v) is 3.80. The molecule has 0 bridgehead atoms. The van der Waals surface area contributed by atoms with E-state index in [1.165, 1.54) is 0 Å². The van der Waals surface area contributed by atoms with Gasteiger partial charge in [-0.05, 0) is 36.4 Å². The van der Waals surface area contributed by atoms with Crippen LogP contribution in [0.15, 0.2) is 89.9 Å². The fourth-order valence-corrected chi connectivity index (χ4v) is 2.49. The molecule has 0 heterocycles. The first-order chi connectivity index (χ1) is 13.7. The highest BCUT2D eigenvalue weighted by atomic mass is 16.5. The first kappa shape index (κ1) is 19.0. The smallest absolute Gasteiger partial charge is 0.251 e. The predicted molar refractivity (Wildman–Crippen MR) is 112 cm³/mol. The van der Waals surface area contributed by atoms with E-state index in [4.69, 9.17) is 10.5 Å². The van der Waals surface area contributed by atoms with E-state index < -0.39 is 0 Å². The molecular formula is C22H22N4O2. The summed E-state index contributed by atoms with van der Waals surface area (Å²) in [6, 6.07) is 26.0. The Morgan fingerprint density at radius 2 is 1.57 bits per heavy atom. The summed E-state index contributed by atoms with van der Waals surface area (Å²) in [6.45, 7) is 0.769.